The van der Waals surface area contributed by atoms with E-state index in [1.54, 1.807) is 0 Å². The molecule has 1 unspecified atom stereocenters. The first-order valence-corrected chi connectivity index (χ1v) is 7.28. The monoisotopic (exact) mass is 271 g/mol. The van der Waals surface area contributed by atoms with Crippen LogP contribution in [0.25, 0.3) is 0 Å². The van der Waals surface area contributed by atoms with Gasteiger partial charge in [0.1, 0.15) is 0 Å². The molecule has 2 N–H and O–H groups in total. The zero-order chi connectivity index (χ0) is 13.9. The van der Waals surface area contributed by atoms with E-state index in [0.717, 1.165) is 51.6 Å². The van der Waals surface area contributed by atoms with E-state index in [2.05, 4.69) is 5.32 Å². The smallest absolute Gasteiger partial charge is 0.303 e. The van der Waals surface area contributed by atoms with Gasteiger partial charge in [-0.15, -0.1) is 0 Å². The quantitative estimate of drug-likeness (QED) is 0.597. The van der Waals surface area contributed by atoms with Crippen molar-refractivity contribution in [1.82, 2.24) is 5.32 Å². The van der Waals surface area contributed by atoms with Crippen molar-refractivity contribution in [2.45, 2.75) is 63.9 Å². The van der Waals surface area contributed by atoms with Crippen molar-refractivity contribution >= 4 is 11.9 Å². The third kappa shape index (κ3) is 8.59. The second-order valence-corrected chi connectivity index (χ2v) is 5.10. The Morgan fingerprint density at radius 1 is 1.16 bits per heavy atom. The van der Waals surface area contributed by atoms with Crippen LogP contribution in [0.3, 0.4) is 0 Å². The molecule has 1 amide bonds. The number of ether oxygens (including phenoxy) is 1. The van der Waals surface area contributed by atoms with Crippen LogP contribution in [0.4, 0.5) is 0 Å². The lowest BCUT2D eigenvalue weighted by molar-refractivity contribution is -0.137. The van der Waals surface area contributed by atoms with E-state index in [1.807, 2.05) is 0 Å². The summed E-state index contributed by atoms with van der Waals surface area (Å²) in [5.41, 5.74) is 0. The van der Waals surface area contributed by atoms with E-state index in [0.29, 0.717) is 13.0 Å². The molecule has 19 heavy (non-hydrogen) atoms. The highest BCUT2D eigenvalue weighted by Crippen LogP contribution is 2.14. The number of rotatable bonds is 10. The van der Waals surface area contributed by atoms with E-state index < -0.39 is 5.97 Å². The molecule has 0 aromatic rings. The van der Waals surface area contributed by atoms with Crippen LogP contribution in [0.5, 0.6) is 0 Å². The molecule has 1 fully saturated rings. The van der Waals surface area contributed by atoms with Crippen LogP contribution < -0.4 is 5.32 Å². The summed E-state index contributed by atoms with van der Waals surface area (Å²) in [5.74, 6) is -0.640. The van der Waals surface area contributed by atoms with Crippen molar-refractivity contribution in [3.05, 3.63) is 0 Å². The first-order valence-electron chi connectivity index (χ1n) is 7.28. The van der Waals surface area contributed by atoms with Crippen LogP contribution in [0.2, 0.25) is 0 Å². The van der Waals surface area contributed by atoms with Crippen LogP contribution in [0, 0.1) is 0 Å². The summed E-state index contributed by atoms with van der Waals surface area (Å²) in [7, 11) is 0. The lowest BCUT2D eigenvalue weighted by Gasteiger charge is -2.09. The molecule has 0 aromatic heterocycles. The van der Waals surface area contributed by atoms with Crippen LogP contribution in [-0.2, 0) is 14.3 Å². The second kappa shape index (κ2) is 9.78. The topological polar surface area (TPSA) is 75.6 Å². The Morgan fingerprint density at radius 3 is 2.58 bits per heavy atom. The minimum atomic E-state index is -0.721. The number of unbranched alkanes of at least 4 members (excludes halogenated alkanes) is 4. The molecule has 110 valence electrons. The maximum atomic E-state index is 11.6. The molecule has 1 rings (SSSR count). The Morgan fingerprint density at radius 2 is 1.89 bits per heavy atom. The Balaban J connectivity index is 1.84. The van der Waals surface area contributed by atoms with Crippen LogP contribution in [-0.4, -0.2) is 36.2 Å². The lowest BCUT2D eigenvalue weighted by Crippen LogP contribution is -2.28. The third-order valence-corrected chi connectivity index (χ3v) is 3.33. The van der Waals surface area contributed by atoms with Crippen molar-refractivity contribution in [3.63, 3.8) is 0 Å². The van der Waals surface area contributed by atoms with Gasteiger partial charge in [-0.3, -0.25) is 9.59 Å². The third-order valence-electron chi connectivity index (χ3n) is 3.33. The van der Waals surface area contributed by atoms with Crippen molar-refractivity contribution in [1.29, 1.82) is 0 Å². The lowest BCUT2D eigenvalue weighted by atomic mass is 10.1. The molecule has 5 nitrogen and oxygen atoms in total. The van der Waals surface area contributed by atoms with Crippen LogP contribution in [0.1, 0.15) is 57.8 Å². The number of carbonyl (C=O) groups is 2. The van der Waals surface area contributed by atoms with Gasteiger partial charge in [0, 0.05) is 19.6 Å². The Bertz CT molecular complexity index is 275. The maximum Gasteiger partial charge on any atom is 0.303 e. The van der Waals surface area contributed by atoms with E-state index in [9.17, 15) is 9.59 Å². The summed E-state index contributed by atoms with van der Waals surface area (Å²) >= 11 is 0. The van der Waals surface area contributed by atoms with Crippen molar-refractivity contribution in [2.75, 3.05) is 13.2 Å². The SMILES string of the molecule is O=C(O)CCCCCCCNC(=O)CC1CCCO1. The fourth-order valence-electron chi connectivity index (χ4n) is 2.24. The first-order chi connectivity index (χ1) is 9.18. The number of amides is 1. The highest BCUT2D eigenvalue weighted by molar-refractivity contribution is 5.76. The molecule has 0 aromatic carbocycles. The molecule has 0 bridgehead atoms. The van der Waals surface area contributed by atoms with E-state index in [4.69, 9.17) is 9.84 Å². The van der Waals surface area contributed by atoms with Gasteiger partial charge in [-0.2, -0.15) is 0 Å². The van der Waals surface area contributed by atoms with Gasteiger partial charge < -0.3 is 15.2 Å². The van der Waals surface area contributed by atoms with E-state index in [1.165, 1.54) is 0 Å². The van der Waals surface area contributed by atoms with Gasteiger partial charge in [0.2, 0.25) is 5.91 Å². The number of carbonyl (C=O) groups excluding carboxylic acids is 1. The molecule has 1 heterocycles. The van der Waals surface area contributed by atoms with Gasteiger partial charge in [0.25, 0.3) is 0 Å². The zero-order valence-corrected chi connectivity index (χ0v) is 11.5. The molecule has 5 heteroatoms. The summed E-state index contributed by atoms with van der Waals surface area (Å²) < 4.78 is 5.41. The minimum absolute atomic E-state index is 0.0813. The number of carboxylic acid groups (broad SMARTS) is 1. The molecule has 0 aliphatic carbocycles. The maximum absolute atomic E-state index is 11.6. The van der Waals surface area contributed by atoms with E-state index >= 15 is 0 Å². The Kier molecular flexibility index (Phi) is 8.21. The number of aliphatic carboxylic acids is 1. The summed E-state index contributed by atoms with van der Waals surface area (Å²) in [6, 6.07) is 0. The van der Waals surface area contributed by atoms with Crippen molar-refractivity contribution in [3.8, 4) is 0 Å². The molecular weight excluding hydrogens is 246 g/mol. The molecule has 0 spiro atoms. The molecular formula is C14H25NO4. The van der Waals surface area contributed by atoms with Gasteiger partial charge in [0.05, 0.1) is 12.5 Å². The number of nitrogens with one attached hydrogen (secondary N) is 1. The molecule has 1 atom stereocenters. The average Bonchev–Trinajstić information content (AvgIpc) is 2.85. The summed E-state index contributed by atoms with van der Waals surface area (Å²) in [4.78, 5) is 21.8. The summed E-state index contributed by atoms with van der Waals surface area (Å²) in [6.07, 6.45) is 7.67. The number of hydrogen-bond acceptors (Lipinski definition) is 3. The predicted molar refractivity (Wildman–Crippen MR) is 71.9 cm³/mol. The van der Waals surface area contributed by atoms with Crippen LogP contribution in [0.15, 0.2) is 0 Å². The summed E-state index contributed by atoms with van der Waals surface area (Å²) in [5, 5.41) is 11.4. The molecule has 1 aliphatic rings. The molecule has 0 saturated carbocycles. The van der Waals surface area contributed by atoms with E-state index in [-0.39, 0.29) is 18.4 Å². The van der Waals surface area contributed by atoms with Crippen LogP contribution >= 0.6 is 0 Å². The average molecular weight is 271 g/mol. The standard InChI is InChI=1S/C14H25NO4/c16-13(11-12-7-6-10-19-12)15-9-5-3-1-2-4-8-14(17)18/h12H,1-11H2,(H,15,16)(H,17,18). The normalized spacial score (nSPS) is 18.4. The fraction of sp³-hybridized carbons (Fsp3) is 0.857. The highest BCUT2D eigenvalue weighted by atomic mass is 16.5. The highest BCUT2D eigenvalue weighted by Gasteiger charge is 2.18. The van der Waals surface area contributed by atoms with Gasteiger partial charge in [-0.25, -0.2) is 0 Å². The van der Waals surface area contributed by atoms with Crippen molar-refractivity contribution < 1.29 is 19.4 Å². The summed E-state index contributed by atoms with van der Waals surface area (Å²) in [6.45, 7) is 1.50. The number of hydrogen-bond donors (Lipinski definition) is 2. The van der Waals surface area contributed by atoms with Gasteiger partial charge >= 0.3 is 5.97 Å². The predicted octanol–water partition coefficient (Wildman–Crippen LogP) is 2.10. The Hall–Kier alpha value is -1.10. The molecule has 0 radical (unpaired) electrons. The fourth-order valence-corrected chi connectivity index (χ4v) is 2.24. The number of carboxylic acids is 1. The first kappa shape index (κ1) is 16.0. The van der Waals surface area contributed by atoms with Gasteiger partial charge in [0.15, 0.2) is 0 Å². The van der Waals surface area contributed by atoms with Gasteiger partial charge in [-0.1, -0.05) is 19.3 Å². The Labute approximate surface area is 114 Å². The largest absolute Gasteiger partial charge is 0.481 e. The van der Waals surface area contributed by atoms with Crippen molar-refractivity contribution in [2.24, 2.45) is 0 Å². The van der Waals surface area contributed by atoms with Gasteiger partial charge in [-0.05, 0) is 25.7 Å². The molecule has 1 aliphatic heterocycles. The minimum Gasteiger partial charge on any atom is -0.481 e. The zero-order valence-electron chi connectivity index (χ0n) is 11.5. The molecule has 1 saturated heterocycles. The second-order valence-electron chi connectivity index (χ2n) is 5.10.